The summed E-state index contributed by atoms with van der Waals surface area (Å²) in [6.07, 6.45) is -10.6. The van der Waals surface area contributed by atoms with Crippen LogP contribution in [0.2, 0.25) is 5.02 Å². The van der Waals surface area contributed by atoms with Gasteiger partial charge < -0.3 is 78.4 Å². The molecule has 3 saturated carbocycles. The third-order valence-corrected chi connectivity index (χ3v) is 19.0. The van der Waals surface area contributed by atoms with Gasteiger partial charge in [-0.25, -0.2) is 9.18 Å². The molecule has 17 nitrogen and oxygen atoms in total. The lowest BCUT2D eigenvalue weighted by Gasteiger charge is -2.58. The van der Waals surface area contributed by atoms with Crippen LogP contribution in [0.3, 0.4) is 0 Å². The number of esters is 1. The predicted octanol–water partition coefficient (Wildman–Crippen LogP) is 3.51. The number of hydrogen-bond donors (Lipinski definition) is 7. The fourth-order valence-electron chi connectivity index (χ4n) is 14.7. The van der Waals surface area contributed by atoms with Crippen LogP contribution in [0.15, 0.2) is 29.8 Å². The van der Waals surface area contributed by atoms with Crippen molar-refractivity contribution in [2.24, 2.45) is 46.3 Å². The molecule has 0 aromatic heterocycles. The Balaban J connectivity index is 0.830. The van der Waals surface area contributed by atoms with Crippen molar-refractivity contribution in [3.63, 3.8) is 0 Å². The summed E-state index contributed by atoms with van der Waals surface area (Å²) in [6, 6.07) is 3.11. The lowest BCUT2D eigenvalue weighted by molar-refractivity contribution is -0.380. The number of aliphatic hydroxyl groups is 7. The van der Waals surface area contributed by atoms with E-state index in [1.165, 1.54) is 12.5 Å². The standard InChI is InChI=1S/C51H72ClFO17/c1-22-10-15-51(63-20-22)23(2)36-33(70-51)18-31-28-8-6-25-16-27(11-13-49(25,4)30(28)12-14-50(31,36)5)65-48-44(69-46-41(59)39(57)37(55)24(3)64-46)42(60)43(34(19-54)66-48)68-47-40(58)38(56)35(67-47)21-62-45(61)29-9-7-26(53)17-32(29)52/h6-7,9,17,22-24,27-28,30-31,33-44,46-48,54-60H,8,10-16,18-21H2,1-5H3. The summed E-state index contributed by atoms with van der Waals surface area (Å²) >= 11 is 6.01. The van der Waals surface area contributed by atoms with E-state index >= 15 is 0 Å². The zero-order valence-electron chi connectivity index (χ0n) is 40.5. The molecule has 0 radical (unpaired) electrons. The molecular formula is C51H72ClFO17. The SMILES string of the molecule is CC1CCC2(OC1)OC1CC3C4CC=C5CC(OC6OC(CO)C(OC7OC(COC(=O)c8ccc(F)cc8Cl)C(O)C7O)C(O)C6OC6OC(C)C(O)C(O)C6O)CCC5(C)C4CCC3(C)C1C2C. The number of rotatable bonds is 10. The molecule has 4 aliphatic carbocycles. The number of ether oxygens (including phenoxy) is 9. The maximum absolute atomic E-state index is 13.6. The Bertz CT molecular complexity index is 2090. The Labute approximate surface area is 412 Å². The van der Waals surface area contributed by atoms with Gasteiger partial charge in [0.2, 0.25) is 0 Å². The molecule has 7 N–H and O–H groups in total. The van der Waals surface area contributed by atoms with Gasteiger partial charge in [0.15, 0.2) is 24.7 Å². The minimum Gasteiger partial charge on any atom is -0.459 e. The van der Waals surface area contributed by atoms with Crippen molar-refractivity contribution in [1.29, 1.82) is 0 Å². The van der Waals surface area contributed by atoms with Crippen LogP contribution < -0.4 is 0 Å². The average Bonchev–Trinajstić information content (AvgIpc) is 3.89. The van der Waals surface area contributed by atoms with Gasteiger partial charge in [-0.2, -0.15) is 0 Å². The first-order valence-electron chi connectivity index (χ1n) is 25.5. The van der Waals surface area contributed by atoms with Gasteiger partial charge in [0, 0.05) is 12.3 Å². The van der Waals surface area contributed by atoms with Crippen molar-refractivity contribution < 1.29 is 87.6 Å². The molecule has 0 amide bonds. The zero-order chi connectivity index (χ0) is 49.8. The highest BCUT2D eigenvalue weighted by molar-refractivity contribution is 6.33. The predicted molar refractivity (Wildman–Crippen MR) is 243 cm³/mol. The Morgan fingerprint density at radius 1 is 0.814 bits per heavy atom. The Hall–Kier alpha value is -1.95. The first kappa shape index (κ1) is 51.5. The third-order valence-electron chi connectivity index (χ3n) is 18.7. The van der Waals surface area contributed by atoms with Crippen LogP contribution >= 0.6 is 11.6 Å². The van der Waals surface area contributed by atoms with Gasteiger partial charge in [-0.15, -0.1) is 0 Å². The highest BCUT2D eigenvalue weighted by Gasteiger charge is 2.69. The van der Waals surface area contributed by atoms with Crippen LogP contribution in [0.25, 0.3) is 0 Å². The Kier molecular flexibility index (Phi) is 14.5. The number of fused-ring (bicyclic) bond motifs is 7. The number of allylic oxidation sites excluding steroid dienone is 1. The van der Waals surface area contributed by atoms with Gasteiger partial charge in [-0.1, -0.05) is 50.9 Å². The maximum atomic E-state index is 13.6. The summed E-state index contributed by atoms with van der Waals surface area (Å²) in [5, 5.41) is 76.8. The van der Waals surface area contributed by atoms with Crippen LogP contribution in [0.4, 0.5) is 4.39 Å². The second-order valence-electron chi connectivity index (χ2n) is 22.6. The molecule has 25 atom stereocenters. The monoisotopic (exact) mass is 1010 g/mol. The van der Waals surface area contributed by atoms with E-state index in [4.69, 9.17) is 54.2 Å². The largest absolute Gasteiger partial charge is 0.459 e. The summed E-state index contributed by atoms with van der Waals surface area (Å²) < 4.78 is 69.3. The molecule has 1 aromatic rings. The number of benzene rings is 1. The molecule has 0 bridgehead atoms. The van der Waals surface area contributed by atoms with Crippen LogP contribution in [0.1, 0.15) is 103 Å². The van der Waals surface area contributed by atoms with E-state index in [9.17, 15) is 44.9 Å². The van der Waals surface area contributed by atoms with E-state index in [2.05, 4.69) is 33.8 Å². The van der Waals surface area contributed by atoms with Gasteiger partial charge in [0.1, 0.15) is 73.5 Å². The molecule has 25 unspecified atom stereocenters. The van der Waals surface area contributed by atoms with E-state index in [0.29, 0.717) is 48.3 Å². The van der Waals surface area contributed by atoms with Crippen molar-refractivity contribution >= 4 is 17.6 Å². The van der Waals surface area contributed by atoms with Gasteiger partial charge in [0.05, 0.1) is 42.1 Å². The van der Waals surface area contributed by atoms with Crippen molar-refractivity contribution in [3.8, 4) is 0 Å². The molecule has 8 fully saturated rings. The second-order valence-corrected chi connectivity index (χ2v) is 23.0. The highest BCUT2D eigenvalue weighted by atomic mass is 35.5. The van der Waals surface area contributed by atoms with Crippen molar-refractivity contribution in [2.75, 3.05) is 19.8 Å². The van der Waals surface area contributed by atoms with E-state index in [1.807, 2.05) is 0 Å². The molecule has 392 valence electrons. The second kappa shape index (κ2) is 19.6. The third kappa shape index (κ3) is 8.82. The molecule has 5 saturated heterocycles. The topological polar surface area (TPSA) is 242 Å². The summed E-state index contributed by atoms with van der Waals surface area (Å²) in [5.74, 6) is 0.854. The fraction of sp³-hybridized carbons (Fsp3) is 0.824. The minimum absolute atomic E-state index is 0.0580. The normalized spacial score (nSPS) is 51.0. The van der Waals surface area contributed by atoms with Crippen LogP contribution in [-0.2, 0) is 42.6 Å². The van der Waals surface area contributed by atoms with Crippen molar-refractivity contribution in [3.05, 3.63) is 46.3 Å². The number of hydrogen-bond acceptors (Lipinski definition) is 17. The first-order valence-corrected chi connectivity index (χ1v) is 25.9. The molecule has 5 heterocycles. The molecule has 1 spiro atoms. The van der Waals surface area contributed by atoms with Crippen LogP contribution in [-0.4, -0.2) is 166 Å². The molecular weight excluding hydrogens is 939 g/mol. The summed E-state index contributed by atoms with van der Waals surface area (Å²) in [5.41, 5.74) is 1.29. The lowest BCUT2D eigenvalue weighted by atomic mass is 9.47. The number of carbonyl (C=O) groups is 1. The van der Waals surface area contributed by atoms with Gasteiger partial charge in [-0.3, -0.25) is 0 Å². The van der Waals surface area contributed by atoms with Crippen LogP contribution in [0.5, 0.6) is 0 Å². The molecule has 9 aliphatic rings. The van der Waals surface area contributed by atoms with Gasteiger partial charge in [-0.05, 0) is 117 Å². The fourth-order valence-corrected chi connectivity index (χ4v) is 15.0. The van der Waals surface area contributed by atoms with Crippen molar-refractivity contribution in [2.45, 2.75) is 196 Å². The Morgan fingerprint density at radius 3 is 2.27 bits per heavy atom. The quantitative estimate of drug-likeness (QED) is 0.131. The van der Waals surface area contributed by atoms with Crippen LogP contribution in [0, 0.1) is 52.2 Å². The van der Waals surface area contributed by atoms with E-state index in [-0.39, 0.29) is 27.5 Å². The van der Waals surface area contributed by atoms with E-state index in [1.54, 1.807) is 0 Å². The molecule has 1 aromatic carbocycles. The van der Waals surface area contributed by atoms with E-state index < -0.39 is 123 Å². The summed E-state index contributed by atoms with van der Waals surface area (Å²) in [4.78, 5) is 12.7. The van der Waals surface area contributed by atoms with Gasteiger partial charge in [0.25, 0.3) is 0 Å². The average molecular weight is 1010 g/mol. The highest BCUT2D eigenvalue weighted by Crippen LogP contribution is 2.70. The summed E-state index contributed by atoms with van der Waals surface area (Å²) in [6.45, 7) is 10.5. The minimum atomic E-state index is -1.76. The van der Waals surface area contributed by atoms with E-state index in [0.717, 1.165) is 69.8 Å². The summed E-state index contributed by atoms with van der Waals surface area (Å²) in [7, 11) is 0. The number of carbonyl (C=O) groups excluding carboxylic acids is 1. The lowest BCUT2D eigenvalue weighted by Crippen LogP contribution is -2.65. The smallest absolute Gasteiger partial charge is 0.339 e. The molecule has 19 heteroatoms. The molecule has 70 heavy (non-hydrogen) atoms. The maximum Gasteiger partial charge on any atom is 0.339 e. The Morgan fingerprint density at radius 2 is 1.54 bits per heavy atom. The molecule has 10 rings (SSSR count). The first-order chi connectivity index (χ1) is 33.3. The van der Waals surface area contributed by atoms with Gasteiger partial charge >= 0.3 is 5.97 Å². The van der Waals surface area contributed by atoms with Crippen molar-refractivity contribution in [1.82, 2.24) is 0 Å². The number of aliphatic hydroxyl groups excluding tert-OH is 7. The zero-order valence-corrected chi connectivity index (χ0v) is 41.2. The number of halogens is 2. The molecule has 5 aliphatic heterocycles.